The number of nitrogens with one attached hydrogen (secondary N) is 3. The number of aromatic nitrogens is 4. The number of imidazole rings is 1. The second kappa shape index (κ2) is 11.3. The van der Waals surface area contributed by atoms with Crippen molar-refractivity contribution in [3.8, 4) is 11.4 Å². The number of aromatic amines is 1. The fraction of sp³-hybridized carbons (Fsp3) is 0.462. The Kier molecular flexibility index (Phi) is 7.70. The monoisotopic (exact) mass is 523 g/mol. The summed E-state index contributed by atoms with van der Waals surface area (Å²) in [5.41, 5.74) is 7.77. The molecule has 0 aliphatic carbocycles. The fourth-order valence-corrected chi connectivity index (χ4v) is 4.98. The first-order valence-corrected chi connectivity index (χ1v) is 13.0. The largest absolute Gasteiger partial charge is 0.377 e. The maximum absolute atomic E-state index is 14.9. The van der Waals surface area contributed by atoms with E-state index in [1.165, 1.54) is 6.07 Å². The number of carbonyl (C=O) groups is 1. The number of hydrogen-bond donors (Lipinski definition) is 4. The van der Waals surface area contributed by atoms with E-state index in [0.717, 1.165) is 25.2 Å². The van der Waals surface area contributed by atoms with Gasteiger partial charge in [0.1, 0.15) is 11.6 Å². The normalized spacial score (nSPS) is 18.5. The summed E-state index contributed by atoms with van der Waals surface area (Å²) < 4.78 is 20.5. The summed E-state index contributed by atoms with van der Waals surface area (Å²) in [6.45, 7) is 6.04. The van der Waals surface area contributed by atoms with Crippen molar-refractivity contribution in [3.05, 3.63) is 42.1 Å². The number of para-hydroxylation sites is 1. The van der Waals surface area contributed by atoms with Gasteiger partial charge in [-0.15, -0.1) is 0 Å². The summed E-state index contributed by atoms with van der Waals surface area (Å²) in [5.74, 6) is 0.917. The molecule has 4 heterocycles. The van der Waals surface area contributed by atoms with E-state index < -0.39 is 5.91 Å². The minimum Gasteiger partial charge on any atom is -0.377 e. The van der Waals surface area contributed by atoms with Crippen LogP contribution in [0.5, 0.6) is 0 Å². The predicted octanol–water partition coefficient (Wildman–Crippen LogP) is 2.70. The summed E-state index contributed by atoms with van der Waals surface area (Å²) in [6, 6.07) is 6.73. The molecule has 202 valence electrons. The van der Waals surface area contributed by atoms with E-state index in [-0.39, 0.29) is 17.7 Å². The molecule has 0 radical (unpaired) electrons. The molecular formula is C26H34FN9O2. The molecule has 11 nitrogen and oxygen atoms in total. The van der Waals surface area contributed by atoms with Crippen LogP contribution in [0.15, 0.2) is 30.5 Å². The zero-order chi connectivity index (χ0) is 26.6. The predicted molar refractivity (Wildman–Crippen MR) is 145 cm³/mol. The second-order valence-corrected chi connectivity index (χ2v) is 9.70. The smallest absolute Gasteiger partial charge is 0.291 e. The van der Waals surface area contributed by atoms with E-state index in [4.69, 9.17) is 10.5 Å². The average Bonchev–Trinajstić information content (AvgIpc) is 3.44. The van der Waals surface area contributed by atoms with Crippen LogP contribution in [0.2, 0.25) is 0 Å². The lowest BCUT2D eigenvalue weighted by atomic mass is 9.96. The highest BCUT2D eigenvalue weighted by Crippen LogP contribution is 2.33. The molecule has 1 atom stereocenters. The van der Waals surface area contributed by atoms with Gasteiger partial charge in [-0.05, 0) is 44.4 Å². The fourth-order valence-electron chi connectivity index (χ4n) is 4.98. The summed E-state index contributed by atoms with van der Waals surface area (Å²) in [5, 5.41) is 5.84. The van der Waals surface area contributed by atoms with Crippen LogP contribution in [0.4, 0.5) is 27.5 Å². The highest BCUT2D eigenvalue weighted by atomic mass is 19.1. The number of ether oxygens (including phenoxy) is 1. The van der Waals surface area contributed by atoms with Crippen LogP contribution in [0.3, 0.4) is 0 Å². The number of carbonyl (C=O) groups excluding carboxylic acids is 1. The highest BCUT2D eigenvalue weighted by Gasteiger charge is 2.25. The molecule has 1 amide bonds. The van der Waals surface area contributed by atoms with Gasteiger partial charge in [0.2, 0.25) is 5.95 Å². The van der Waals surface area contributed by atoms with Crippen LogP contribution in [-0.4, -0.2) is 78.3 Å². The van der Waals surface area contributed by atoms with Gasteiger partial charge in [0.05, 0.1) is 48.2 Å². The zero-order valence-corrected chi connectivity index (χ0v) is 21.7. The van der Waals surface area contributed by atoms with Gasteiger partial charge in [-0.3, -0.25) is 4.79 Å². The van der Waals surface area contributed by atoms with Crippen molar-refractivity contribution in [2.75, 3.05) is 66.9 Å². The van der Waals surface area contributed by atoms with Crippen molar-refractivity contribution in [2.24, 2.45) is 11.7 Å². The lowest BCUT2D eigenvalue weighted by molar-refractivity contribution is 0.0985. The van der Waals surface area contributed by atoms with Crippen LogP contribution < -0.4 is 26.2 Å². The van der Waals surface area contributed by atoms with Gasteiger partial charge in [-0.2, -0.15) is 4.98 Å². The highest BCUT2D eigenvalue weighted by molar-refractivity contribution is 6.04. The van der Waals surface area contributed by atoms with Gasteiger partial charge in [0.15, 0.2) is 5.82 Å². The van der Waals surface area contributed by atoms with Crippen LogP contribution in [0.25, 0.3) is 11.4 Å². The number of piperidine rings is 1. The topological polar surface area (TPSA) is 137 Å². The minimum absolute atomic E-state index is 0.1000. The molecule has 2 aromatic heterocycles. The average molecular weight is 524 g/mol. The van der Waals surface area contributed by atoms with E-state index in [0.29, 0.717) is 67.5 Å². The molecule has 2 fully saturated rings. The molecule has 12 heteroatoms. The molecule has 5 rings (SSSR count). The lowest BCUT2D eigenvalue weighted by Gasteiger charge is -2.34. The van der Waals surface area contributed by atoms with E-state index in [2.05, 4.69) is 42.4 Å². The standard InChI is InChI=1S/C26H34FN9O2/c1-16-15-38-11-10-36(16)22-12-20(33-26(29-2)34-22)21-14-30-24(31-21)25(37)32-19-5-3-4-18(27)23(19)35-8-6-17(13-28)7-9-35/h3-5,12,14,16-17H,6-11,13,15,28H2,1-2H3,(H,30,31)(H,32,37)(H,29,33,34)/t16-/m1/s1. The molecule has 0 spiro atoms. The number of anilines is 4. The summed E-state index contributed by atoms with van der Waals surface area (Å²) in [6.07, 6.45) is 3.34. The molecule has 0 saturated carbocycles. The van der Waals surface area contributed by atoms with E-state index in [1.807, 2.05) is 11.0 Å². The number of nitrogens with zero attached hydrogens (tertiary/aromatic N) is 5. The minimum atomic E-state index is -0.468. The molecule has 0 bridgehead atoms. The Morgan fingerprint density at radius 2 is 2.08 bits per heavy atom. The zero-order valence-electron chi connectivity index (χ0n) is 21.7. The number of benzene rings is 1. The van der Waals surface area contributed by atoms with Gasteiger partial charge in [-0.25, -0.2) is 14.4 Å². The Bertz CT molecular complexity index is 1280. The molecule has 1 aromatic carbocycles. The van der Waals surface area contributed by atoms with Crippen molar-refractivity contribution >= 4 is 29.0 Å². The molecular weight excluding hydrogens is 489 g/mol. The lowest BCUT2D eigenvalue weighted by Crippen LogP contribution is -2.44. The van der Waals surface area contributed by atoms with Crippen molar-refractivity contribution < 1.29 is 13.9 Å². The Balaban J connectivity index is 1.36. The molecule has 2 aliphatic rings. The number of amides is 1. The SMILES string of the molecule is CNc1nc(-c2cnc(C(=O)Nc3cccc(F)c3N3CCC(CN)CC3)[nH]2)cc(N2CCOC[C@H]2C)n1. The van der Waals surface area contributed by atoms with Gasteiger partial charge < -0.3 is 35.9 Å². The Morgan fingerprint density at radius 3 is 2.82 bits per heavy atom. The first-order chi connectivity index (χ1) is 18.5. The van der Waals surface area contributed by atoms with Gasteiger partial charge in [-0.1, -0.05) is 6.07 Å². The molecule has 3 aromatic rings. The number of hydrogen-bond acceptors (Lipinski definition) is 9. The van der Waals surface area contributed by atoms with Crippen molar-refractivity contribution in [1.29, 1.82) is 0 Å². The third kappa shape index (κ3) is 5.41. The number of rotatable bonds is 7. The molecule has 0 unspecified atom stereocenters. The van der Waals surface area contributed by atoms with Crippen molar-refractivity contribution in [2.45, 2.75) is 25.8 Å². The summed E-state index contributed by atoms with van der Waals surface area (Å²) in [7, 11) is 1.76. The molecule has 5 N–H and O–H groups in total. The van der Waals surface area contributed by atoms with Crippen LogP contribution in [0, 0.1) is 11.7 Å². The van der Waals surface area contributed by atoms with Crippen LogP contribution in [-0.2, 0) is 4.74 Å². The maximum atomic E-state index is 14.9. The van der Waals surface area contributed by atoms with Crippen LogP contribution in [0.1, 0.15) is 30.4 Å². The third-order valence-corrected chi connectivity index (χ3v) is 7.16. The Hall–Kier alpha value is -3.77. The number of halogens is 1. The van der Waals surface area contributed by atoms with Crippen molar-refractivity contribution in [3.63, 3.8) is 0 Å². The van der Waals surface area contributed by atoms with Gasteiger partial charge >= 0.3 is 0 Å². The summed E-state index contributed by atoms with van der Waals surface area (Å²) >= 11 is 0. The number of nitrogens with two attached hydrogens (primary N) is 1. The van der Waals surface area contributed by atoms with E-state index in [1.54, 1.807) is 25.4 Å². The van der Waals surface area contributed by atoms with E-state index in [9.17, 15) is 9.18 Å². The maximum Gasteiger partial charge on any atom is 0.291 e. The second-order valence-electron chi connectivity index (χ2n) is 9.70. The molecule has 2 saturated heterocycles. The first-order valence-electron chi connectivity index (χ1n) is 13.0. The number of morpholine rings is 1. The Morgan fingerprint density at radius 1 is 1.26 bits per heavy atom. The van der Waals surface area contributed by atoms with E-state index >= 15 is 0 Å². The van der Waals surface area contributed by atoms with Crippen LogP contribution >= 0.6 is 0 Å². The van der Waals surface area contributed by atoms with Crippen molar-refractivity contribution in [1.82, 2.24) is 19.9 Å². The van der Waals surface area contributed by atoms with Gasteiger partial charge in [0, 0.05) is 32.7 Å². The Labute approximate surface area is 221 Å². The molecule has 2 aliphatic heterocycles. The quantitative estimate of drug-likeness (QED) is 0.368. The van der Waals surface area contributed by atoms with Gasteiger partial charge in [0.25, 0.3) is 5.91 Å². The molecule has 38 heavy (non-hydrogen) atoms. The number of H-pyrrole nitrogens is 1. The third-order valence-electron chi connectivity index (χ3n) is 7.16. The summed E-state index contributed by atoms with van der Waals surface area (Å²) in [4.78, 5) is 33.8. The first kappa shape index (κ1) is 25.9.